The summed E-state index contributed by atoms with van der Waals surface area (Å²) in [6, 6.07) is -1.54. The molecule has 346 valence electrons. The second kappa shape index (κ2) is 42.6. The zero-order valence-electron chi connectivity index (χ0n) is 37.6. The molecule has 0 bridgehead atoms. The smallest absolute Gasteiger partial charge is 0.472 e. The third kappa shape index (κ3) is 42.4. The lowest BCUT2D eigenvalue weighted by Gasteiger charge is -2.18. The van der Waals surface area contributed by atoms with Crippen LogP contribution in [0.5, 0.6) is 0 Å². The van der Waals surface area contributed by atoms with Crippen molar-refractivity contribution in [1.29, 1.82) is 0 Å². The second-order valence-electron chi connectivity index (χ2n) is 16.3. The Bertz CT molecular complexity index is 1100. The third-order valence-corrected chi connectivity index (χ3v) is 11.4. The molecule has 1 amide bonds. The number of aliphatic carboxylic acids is 1. The van der Waals surface area contributed by atoms with Gasteiger partial charge in [0.05, 0.1) is 13.2 Å². The van der Waals surface area contributed by atoms with Gasteiger partial charge in [-0.1, -0.05) is 192 Å². The summed E-state index contributed by atoms with van der Waals surface area (Å²) >= 11 is 0. The number of ether oxygens (including phenoxy) is 1. The number of hydrogen-bond donors (Lipinski definition) is 4. The SMILES string of the molecule is CCCCC/C=C\C/C=C\CCCCCCCCCCCCCC(=O)OCC(O)COP(=O)(O)OCC(NC(=O)CCCCCCCCCCCCCCCC)C(=O)O. The second-order valence-corrected chi connectivity index (χ2v) is 17.8. The van der Waals surface area contributed by atoms with E-state index < -0.39 is 57.6 Å². The van der Waals surface area contributed by atoms with E-state index in [1.165, 1.54) is 141 Å². The monoisotopic (exact) mass is 858 g/mol. The van der Waals surface area contributed by atoms with Gasteiger partial charge in [-0.05, 0) is 44.9 Å². The standard InChI is InChI=1S/C47H88NO10P/c1-3-5-7-9-11-13-15-17-19-20-21-22-23-24-25-27-29-31-33-35-37-39-46(51)56-40-43(49)41-57-59(54,55)58-42-44(47(52)53)48-45(50)38-36-34-32-30-28-26-18-16-14-12-10-8-6-4-2/h11,13,17,19,43-44,49H,3-10,12,14-16,18,20-42H2,1-2H3,(H,48,50)(H,52,53)(H,54,55)/b13-11-,19-17-. The van der Waals surface area contributed by atoms with Crippen molar-refractivity contribution < 1.29 is 47.8 Å². The average Bonchev–Trinajstić information content (AvgIpc) is 3.21. The minimum absolute atomic E-state index is 0.150. The van der Waals surface area contributed by atoms with Gasteiger partial charge in [0.1, 0.15) is 12.7 Å². The minimum atomic E-state index is -4.75. The van der Waals surface area contributed by atoms with Gasteiger partial charge in [0.2, 0.25) is 5.91 Å². The molecular formula is C47H88NO10P. The number of hydrogen-bond acceptors (Lipinski definition) is 8. The van der Waals surface area contributed by atoms with Crippen LogP contribution in [0.3, 0.4) is 0 Å². The molecular weight excluding hydrogens is 769 g/mol. The van der Waals surface area contributed by atoms with Crippen molar-refractivity contribution in [3.05, 3.63) is 24.3 Å². The number of phosphoric ester groups is 1. The fraction of sp³-hybridized carbons (Fsp3) is 0.851. The van der Waals surface area contributed by atoms with Crippen molar-refractivity contribution in [2.75, 3.05) is 19.8 Å². The molecule has 0 spiro atoms. The first-order chi connectivity index (χ1) is 28.6. The summed E-state index contributed by atoms with van der Waals surface area (Å²) < 4.78 is 26.9. The molecule has 11 nitrogen and oxygen atoms in total. The Labute approximate surface area is 359 Å². The van der Waals surface area contributed by atoms with Crippen LogP contribution in [0.2, 0.25) is 0 Å². The van der Waals surface area contributed by atoms with Crippen LogP contribution in [0.4, 0.5) is 0 Å². The van der Waals surface area contributed by atoms with E-state index in [4.69, 9.17) is 13.8 Å². The van der Waals surface area contributed by atoms with Gasteiger partial charge in [0, 0.05) is 12.8 Å². The van der Waals surface area contributed by atoms with E-state index in [0.717, 1.165) is 44.9 Å². The molecule has 0 saturated carbocycles. The summed E-state index contributed by atoms with van der Waals surface area (Å²) in [5, 5.41) is 21.9. The molecule has 0 aliphatic rings. The summed E-state index contributed by atoms with van der Waals surface area (Å²) in [6.45, 7) is 2.59. The molecule has 0 aromatic carbocycles. The quantitative estimate of drug-likeness (QED) is 0.0200. The molecule has 12 heteroatoms. The van der Waals surface area contributed by atoms with Crippen molar-refractivity contribution in [2.45, 2.75) is 238 Å². The molecule has 4 N–H and O–H groups in total. The number of unbranched alkanes of at least 4 members (excludes halogenated alkanes) is 27. The first kappa shape index (κ1) is 57.0. The molecule has 0 aromatic rings. The molecule has 0 aliphatic heterocycles. The summed E-state index contributed by atoms with van der Waals surface area (Å²) in [5.74, 6) is -2.36. The summed E-state index contributed by atoms with van der Waals surface area (Å²) in [6.07, 6.45) is 44.8. The number of allylic oxidation sites excluding steroid dienone is 4. The van der Waals surface area contributed by atoms with Crippen molar-refractivity contribution >= 4 is 25.7 Å². The number of aliphatic hydroxyl groups is 1. The van der Waals surface area contributed by atoms with Crippen molar-refractivity contribution in [2.24, 2.45) is 0 Å². The maximum atomic E-state index is 12.3. The molecule has 0 radical (unpaired) electrons. The van der Waals surface area contributed by atoms with E-state index in [1.807, 2.05) is 0 Å². The Hall–Kier alpha value is -2.04. The minimum Gasteiger partial charge on any atom is -0.480 e. The van der Waals surface area contributed by atoms with Gasteiger partial charge in [-0.25, -0.2) is 9.36 Å². The lowest BCUT2D eigenvalue weighted by molar-refractivity contribution is -0.147. The molecule has 0 fully saturated rings. The maximum absolute atomic E-state index is 12.3. The van der Waals surface area contributed by atoms with Gasteiger partial charge >= 0.3 is 19.8 Å². The highest BCUT2D eigenvalue weighted by molar-refractivity contribution is 7.47. The van der Waals surface area contributed by atoms with Gasteiger partial charge in [0.25, 0.3) is 0 Å². The Morgan fingerprint density at radius 3 is 1.41 bits per heavy atom. The van der Waals surface area contributed by atoms with Crippen molar-refractivity contribution in [3.63, 3.8) is 0 Å². The average molecular weight is 858 g/mol. The molecule has 0 aliphatic carbocycles. The Kier molecular flexibility index (Phi) is 41.2. The number of esters is 1. The van der Waals surface area contributed by atoms with Gasteiger partial charge in [0.15, 0.2) is 6.04 Å². The lowest BCUT2D eigenvalue weighted by atomic mass is 10.0. The number of rotatable bonds is 45. The predicted octanol–water partition coefficient (Wildman–Crippen LogP) is 12.6. The first-order valence-corrected chi connectivity index (χ1v) is 25.4. The Morgan fingerprint density at radius 2 is 0.932 bits per heavy atom. The molecule has 3 unspecified atom stereocenters. The largest absolute Gasteiger partial charge is 0.480 e. The normalized spacial score (nSPS) is 13.8. The highest BCUT2D eigenvalue weighted by atomic mass is 31.2. The summed E-state index contributed by atoms with van der Waals surface area (Å²) in [7, 11) is -4.75. The van der Waals surface area contributed by atoms with Crippen LogP contribution in [0.25, 0.3) is 0 Å². The van der Waals surface area contributed by atoms with Crippen LogP contribution in [-0.2, 0) is 32.7 Å². The van der Waals surface area contributed by atoms with E-state index >= 15 is 0 Å². The highest BCUT2D eigenvalue weighted by Gasteiger charge is 2.28. The van der Waals surface area contributed by atoms with Gasteiger partial charge in [-0.2, -0.15) is 0 Å². The van der Waals surface area contributed by atoms with Crippen LogP contribution in [0.1, 0.15) is 226 Å². The zero-order chi connectivity index (χ0) is 43.5. The number of nitrogens with one attached hydrogen (secondary N) is 1. The maximum Gasteiger partial charge on any atom is 0.472 e. The van der Waals surface area contributed by atoms with E-state index in [2.05, 4.69) is 43.5 Å². The van der Waals surface area contributed by atoms with Crippen molar-refractivity contribution in [3.8, 4) is 0 Å². The van der Waals surface area contributed by atoms with E-state index in [9.17, 15) is 34.1 Å². The predicted molar refractivity (Wildman–Crippen MR) is 240 cm³/mol. The molecule has 0 aromatic heterocycles. The number of carbonyl (C=O) groups is 3. The first-order valence-electron chi connectivity index (χ1n) is 23.9. The lowest BCUT2D eigenvalue weighted by Crippen LogP contribution is -2.43. The highest BCUT2D eigenvalue weighted by Crippen LogP contribution is 2.43. The molecule has 3 atom stereocenters. The van der Waals surface area contributed by atoms with Crippen LogP contribution >= 0.6 is 7.82 Å². The van der Waals surface area contributed by atoms with Crippen LogP contribution in [-0.4, -0.2) is 64.9 Å². The van der Waals surface area contributed by atoms with Crippen LogP contribution in [0.15, 0.2) is 24.3 Å². The number of carboxylic acid groups (broad SMARTS) is 1. The zero-order valence-corrected chi connectivity index (χ0v) is 38.5. The number of amides is 1. The molecule has 59 heavy (non-hydrogen) atoms. The Morgan fingerprint density at radius 1 is 0.542 bits per heavy atom. The number of aliphatic hydroxyl groups excluding tert-OH is 1. The van der Waals surface area contributed by atoms with E-state index in [0.29, 0.717) is 12.8 Å². The van der Waals surface area contributed by atoms with Gasteiger partial charge in [-0.15, -0.1) is 0 Å². The fourth-order valence-corrected chi connectivity index (χ4v) is 7.53. The number of carbonyl (C=O) groups excluding carboxylic acids is 2. The van der Waals surface area contributed by atoms with Gasteiger partial charge in [-0.3, -0.25) is 18.6 Å². The molecule has 0 saturated heterocycles. The third-order valence-electron chi connectivity index (χ3n) is 10.5. The molecule has 0 rings (SSSR count). The van der Waals surface area contributed by atoms with Crippen LogP contribution < -0.4 is 5.32 Å². The van der Waals surface area contributed by atoms with Crippen molar-refractivity contribution in [1.82, 2.24) is 5.32 Å². The Balaban J connectivity index is 3.82. The summed E-state index contributed by atoms with van der Waals surface area (Å²) in [5.41, 5.74) is 0. The fourth-order valence-electron chi connectivity index (χ4n) is 6.76. The number of carboxylic acids is 1. The van der Waals surface area contributed by atoms with Crippen LogP contribution in [0, 0.1) is 0 Å². The summed E-state index contributed by atoms with van der Waals surface area (Å²) in [4.78, 5) is 46.0. The topological polar surface area (TPSA) is 169 Å². The number of phosphoric acid groups is 1. The van der Waals surface area contributed by atoms with E-state index in [1.54, 1.807) is 0 Å². The van der Waals surface area contributed by atoms with Gasteiger partial charge < -0.3 is 25.2 Å². The molecule has 0 heterocycles. The van der Waals surface area contributed by atoms with E-state index in [-0.39, 0.29) is 12.8 Å².